The summed E-state index contributed by atoms with van der Waals surface area (Å²) in [4.78, 5) is 11.8. The number of aliphatic hydroxyl groups is 1. The predicted octanol–water partition coefficient (Wildman–Crippen LogP) is 4.15. The fraction of sp³-hybridized carbons (Fsp3) is 0.360. The Hall–Kier alpha value is -2.97. The largest absolute Gasteiger partial charge is 0.494 e. The van der Waals surface area contributed by atoms with Crippen LogP contribution in [0.4, 0.5) is 0 Å². The van der Waals surface area contributed by atoms with E-state index < -0.39 is 0 Å². The zero-order valence-electron chi connectivity index (χ0n) is 19.2. The second kappa shape index (κ2) is 10.8. The van der Waals surface area contributed by atoms with Gasteiger partial charge >= 0.3 is 0 Å². The van der Waals surface area contributed by atoms with Crippen molar-refractivity contribution in [2.45, 2.75) is 24.9 Å². The van der Waals surface area contributed by atoms with E-state index in [1.807, 2.05) is 43.3 Å². The molecule has 1 N–H and O–H groups in total. The molecule has 3 aromatic rings. The summed E-state index contributed by atoms with van der Waals surface area (Å²) in [6.07, 6.45) is 0.773. The molecule has 0 bridgehead atoms. The topological polar surface area (TPSA) is 76.4 Å². The van der Waals surface area contributed by atoms with Crippen molar-refractivity contribution < 1.29 is 19.3 Å². The number of aromatic nitrogens is 1. The van der Waals surface area contributed by atoms with E-state index in [9.17, 15) is 5.11 Å². The molecule has 2 heterocycles. The molecule has 0 saturated carbocycles. The zero-order chi connectivity index (χ0) is 23.2. The fourth-order valence-corrected chi connectivity index (χ4v) is 4.82. The first-order valence-corrected chi connectivity index (χ1v) is 11.8. The van der Waals surface area contributed by atoms with Crippen molar-refractivity contribution in [1.29, 1.82) is 0 Å². The number of amidine groups is 1. The third-order valence-corrected chi connectivity index (χ3v) is 6.54. The first kappa shape index (κ1) is 23.2. The number of methoxy groups -OCH3 is 2. The lowest BCUT2D eigenvalue weighted by Gasteiger charge is -2.30. The SMILES string of the molecule is CCOc1ccc2nc3c(cc2c1)CN(CCO)C(=NCCc1ccc(OC)c(OC)c1)S3. The second-order valence-electron chi connectivity index (χ2n) is 7.59. The molecule has 7 nitrogen and oxygen atoms in total. The standard InChI is InChI=1S/C25H29N3O4S/c1-4-32-20-6-7-21-18(15-20)14-19-16-28(11-12-29)25(33-24(19)27-21)26-10-9-17-5-8-22(30-2)23(13-17)31-3/h5-8,13-15,29H,4,9-12,16H2,1-3H3. The average molecular weight is 468 g/mol. The van der Waals surface area contributed by atoms with Gasteiger partial charge in [0.2, 0.25) is 0 Å². The van der Waals surface area contributed by atoms with E-state index in [-0.39, 0.29) is 6.61 Å². The number of benzene rings is 2. The van der Waals surface area contributed by atoms with Crippen molar-refractivity contribution in [2.75, 3.05) is 40.5 Å². The molecule has 0 saturated heterocycles. The number of aliphatic imine (C=N–C) groups is 1. The van der Waals surface area contributed by atoms with Crippen LogP contribution in [0.1, 0.15) is 18.1 Å². The minimum absolute atomic E-state index is 0.0695. The molecule has 8 heteroatoms. The van der Waals surface area contributed by atoms with Gasteiger partial charge in [0, 0.05) is 30.6 Å². The highest BCUT2D eigenvalue weighted by Gasteiger charge is 2.24. The molecule has 0 unspecified atom stereocenters. The highest BCUT2D eigenvalue weighted by Crippen LogP contribution is 2.34. The average Bonchev–Trinajstić information content (AvgIpc) is 2.83. The van der Waals surface area contributed by atoms with Crippen molar-refractivity contribution in [3.63, 3.8) is 0 Å². The van der Waals surface area contributed by atoms with Gasteiger partial charge in [0.05, 0.1) is 33.0 Å². The molecule has 0 aliphatic carbocycles. The van der Waals surface area contributed by atoms with Crippen molar-refractivity contribution in [1.82, 2.24) is 9.88 Å². The third kappa shape index (κ3) is 5.34. The van der Waals surface area contributed by atoms with E-state index in [0.717, 1.165) is 44.4 Å². The molecule has 1 aromatic heterocycles. The summed E-state index contributed by atoms with van der Waals surface area (Å²) in [7, 11) is 3.27. The molecule has 0 spiro atoms. The van der Waals surface area contributed by atoms with Crippen LogP contribution < -0.4 is 14.2 Å². The van der Waals surface area contributed by atoms with Crippen LogP contribution in [0.5, 0.6) is 17.2 Å². The Balaban J connectivity index is 1.54. The number of hydrogen-bond donors (Lipinski definition) is 1. The van der Waals surface area contributed by atoms with Crippen LogP contribution in [-0.4, -0.2) is 60.7 Å². The minimum atomic E-state index is 0.0695. The Kier molecular flexibility index (Phi) is 7.57. The minimum Gasteiger partial charge on any atom is -0.494 e. The normalized spacial score (nSPS) is 14.4. The molecule has 4 rings (SSSR count). The molecule has 0 radical (unpaired) electrons. The molecule has 174 valence electrons. The Morgan fingerprint density at radius 3 is 2.70 bits per heavy atom. The third-order valence-electron chi connectivity index (χ3n) is 5.42. The van der Waals surface area contributed by atoms with Crippen LogP contribution >= 0.6 is 11.8 Å². The van der Waals surface area contributed by atoms with E-state index in [0.29, 0.717) is 37.7 Å². The zero-order valence-corrected chi connectivity index (χ0v) is 20.0. The maximum Gasteiger partial charge on any atom is 0.165 e. The van der Waals surface area contributed by atoms with Crippen LogP contribution in [0, 0.1) is 0 Å². The van der Waals surface area contributed by atoms with Gasteiger partial charge in [0.25, 0.3) is 0 Å². The molecule has 0 fully saturated rings. The Morgan fingerprint density at radius 2 is 1.94 bits per heavy atom. The lowest BCUT2D eigenvalue weighted by Crippen LogP contribution is -2.34. The van der Waals surface area contributed by atoms with Gasteiger partial charge in [-0.2, -0.15) is 0 Å². The van der Waals surface area contributed by atoms with E-state index in [2.05, 4.69) is 11.0 Å². The molecule has 1 aliphatic heterocycles. The fourth-order valence-electron chi connectivity index (χ4n) is 3.81. The number of aliphatic hydroxyl groups excluding tert-OH is 1. The summed E-state index contributed by atoms with van der Waals surface area (Å²) >= 11 is 1.56. The molecule has 33 heavy (non-hydrogen) atoms. The highest BCUT2D eigenvalue weighted by molar-refractivity contribution is 8.13. The van der Waals surface area contributed by atoms with Gasteiger partial charge in [-0.15, -0.1) is 0 Å². The molecule has 1 aliphatic rings. The Labute approximate surface area is 198 Å². The summed E-state index contributed by atoms with van der Waals surface area (Å²) in [6, 6.07) is 14.1. The summed E-state index contributed by atoms with van der Waals surface area (Å²) in [5.41, 5.74) is 3.19. The van der Waals surface area contributed by atoms with Crippen LogP contribution in [0.15, 0.2) is 52.5 Å². The smallest absolute Gasteiger partial charge is 0.165 e. The molecule has 0 atom stereocenters. The van der Waals surface area contributed by atoms with Crippen LogP contribution in [-0.2, 0) is 13.0 Å². The molecular weight excluding hydrogens is 438 g/mol. The first-order valence-electron chi connectivity index (χ1n) is 11.0. The van der Waals surface area contributed by atoms with Gasteiger partial charge in [0.15, 0.2) is 16.7 Å². The molecule has 0 amide bonds. The molecular formula is C25H29N3O4S. The number of β-amino-alcohol motifs (C(OH)–C–C–N with tert-alkyl or cyclic N) is 1. The van der Waals surface area contributed by atoms with Crippen molar-refractivity contribution >= 4 is 27.8 Å². The van der Waals surface area contributed by atoms with Crippen molar-refractivity contribution in [3.05, 3.63) is 53.6 Å². The highest BCUT2D eigenvalue weighted by atomic mass is 32.2. The van der Waals surface area contributed by atoms with Gasteiger partial charge in [-0.25, -0.2) is 4.98 Å². The lowest BCUT2D eigenvalue weighted by atomic mass is 10.1. The Bertz CT molecular complexity index is 1150. The number of thioether (sulfide) groups is 1. The summed E-state index contributed by atoms with van der Waals surface area (Å²) in [5, 5.41) is 12.5. The number of nitrogens with zero attached hydrogens (tertiary/aromatic N) is 3. The summed E-state index contributed by atoms with van der Waals surface area (Å²) in [5.74, 6) is 2.28. The Morgan fingerprint density at radius 1 is 1.09 bits per heavy atom. The lowest BCUT2D eigenvalue weighted by molar-refractivity contribution is 0.247. The number of ether oxygens (including phenoxy) is 3. The van der Waals surface area contributed by atoms with Crippen molar-refractivity contribution in [2.24, 2.45) is 4.99 Å². The summed E-state index contributed by atoms with van der Waals surface area (Å²) in [6.45, 7) is 4.50. The van der Waals surface area contributed by atoms with Gasteiger partial charge in [-0.1, -0.05) is 6.07 Å². The van der Waals surface area contributed by atoms with Gasteiger partial charge < -0.3 is 24.2 Å². The van der Waals surface area contributed by atoms with E-state index in [1.165, 1.54) is 0 Å². The number of rotatable bonds is 9. The van der Waals surface area contributed by atoms with E-state index in [4.69, 9.17) is 24.2 Å². The van der Waals surface area contributed by atoms with Crippen molar-refractivity contribution in [3.8, 4) is 17.2 Å². The maximum atomic E-state index is 9.60. The first-order chi connectivity index (χ1) is 16.1. The monoisotopic (exact) mass is 467 g/mol. The maximum absolute atomic E-state index is 9.60. The number of hydrogen-bond acceptors (Lipinski definition) is 7. The van der Waals surface area contributed by atoms with Crippen LogP contribution in [0.3, 0.4) is 0 Å². The van der Waals surface area contributed by atoms with Crippen LogP contribution in [0.25, 0.3) is 10.9 Å². The predicted molar refractivity (Wildman–Crippen MR) is 132 cm³/mol. The quantitative estimate of drug-likeness (QED) is 0.507. The number of fused-ring (bicyclic) bond motifs is 2. The van der Waals surface area contributed by atoms with Gasteiger partial charge in [0.1, 0.15) is 10.8 Å². The van der Waals surface area contributed by atoms with Gasteiger partial charge in [-0.05, 0) is 67.1 Å². The van der Waals surface area contributed by atoms with Gasteiger partial charge in [-0.3, -0.25) is 4.99 Å². The molecule has 2 aromatic carbocycles. The van der Waals surface area contributed by atoms with E-state index in [1.54, 1.807) is 26.0 Å². The second-order valence-corrected chi connectivity index (χ2v) is 8.55. The van der Waals surface area contributed by atoms with E-state index >= 15 is 0 Å². The number of pyridine rings is 1. The summed E-state index contributed by atoms with van der Waals surface area (Å²) < 4.78 is 16.3. The van der Waals surface area contributed by atoms with Crippen LogP contribution in [0.2, 0.25) is 0 Å².